The van der Waals surface area contributed by atoms with Crippen LogP contribution in [-0.2, 0) is 39.3 Å². The second-order valence-electron chi connectivity index (χ2n) is 24.8. The smallest absolute Gasteiger partial charge is 0.443 e. The van der Waals surface area contributed by atoms with Crippen LogP contribution in [-0.4, -0.2) is 114 Å². The Morgan fingerprint density at radius 2 is 1.33 bits per heavy atom. The lowest BCUT2D eigenvalue weighted by Crippen LogP contribution is -2.46. The lowest BCUT2D eigenvalue weighted by molar-refractivity contribution is 0.00578. The minimum atomic E-state index is -1.34. The van der Waals surface area contributed by atoms with Gasteiger partial charge in [-0.25, -0.2) is 27.3 Å². The summed E-state index contributed by atoms with van der Waals surface area (Å²) in [5.74, 6) is -1.56. The number of amides is 1. The number of carbonyl (C=O) groups is 1. The van der Waals surface area contributed by atoms with Crippen LogP contribution >= 0.6 is 69.3 Å². The molecule has 3 fully saturated rings. The molecule has 6 atom stereocenters. The third-order valence-electron chi connectivity index (χ3n) is 15.4. The summed E-state index contributed by atoms with van der Waals surface area (Å²) in [5, 5.41) is 1.79. The van der Waals surface area contributed by atoms with E-state index < -0.39 is 60.8 Å². The molecule has 2 N–H and O–H groups in total. The molecular formula is C59H74BCl2F4IN6O7S2Si. The fourth-order valence-corrected chi connectivity index (χ4v) is 14.5. The Hall–Kier alpha value is -3.56. The molecular weight excluding hydrogens is 1280 g/mol. The number of aliphatic imine (C=N–C) groups is 2. The van der Waals surface area contributed by atoms with Gasteiger partial charge in [0.25, 0.3) is 0 Å². The van der Waals surface area contributed by atoms with Crippen LogP contribution in [0, 0.1) is 23.5 Å². The van der Waals surface area contributed by atoms with Crippen molar-refractivity contribution in [1.82, 2.24) is 14.9 Å². The van der Waals surface area contributed by atoms with Crippen LogP contribution < -0.4 is 11.2 Å². The van der Waals surface area contributed by atoms with Crippen molar-refractivity contribution in [3.8, 4) is 0 Å². The number of pyridine rings is 2. The molecule has 0 spiro atoms. The van der Waals surface area contributed by atoms with E-state index >= 15 is 4.39 Å². The monoisotopic (exact) mass is 1350 g/mol. The molecule has 0 radical (unpaired) electrons. The number of aromatic nitrogens is 2. The molecule has 1 amide bonds. The Kier molecular flexibility index (Phi) is 21.0. The maximum atomic E-state index is 15.8. The van der Waals surface area contributed by atoms with Crippen molar-refractivity contribution in [3.05, 3.63) is 127 Å². The lowest BCUT2D eigenvalue weighted by atomic mass is 9.75. The summed E-state index contributed by atoms with van der Waals surface area (Å²) in [6.45, 7) is 25.6. The van der Waals surface area contributed by atoms with Gasteiger partial charge in [0.15, 0.2) is 16.2 Å². The highest BCUT2D eigenvalue weighted by Gasteiger charge is 2.68. The zero-order chi connectivity index (χ0) is 61.3. The normalized spacial score (nSPS) is 26.0. The van der Waals surface area contributed by atoms with Gasteiger partial charge in [-0.3, -0.25) is 20.0 Å². The van der Waals surface area contributed by atoms with Gasteiger partial charge in [0.05, 0.1) is 66.4 Å². The average Bonchev–Trinajstić information content (AvgIpc) is 1.61. The molecule has 2 saturated carbocycles. The first-order valence-corrected chi connectivity index (χ1v) is 34.4. The first-order valence-electron chi connectivity index (χ1n) is 27.1. The maximum Gasteiger partial charge on any atom is 0.494 e. The molecule has 4 aromatic rings. The van der Waals surface area contributed by atoms with Crippen molar-refractivity contribution in [2.24, 2.45) is 27.6 Å². The summed E-state index contributed by atoms with van der Waals surface area (Å²) >= 11 is 16.2. The minimum absolute atomic E-state index is 0.00846. The van der Waals surface area contributed by atoms with Crippen molar-refractivity contribution >= 4 is 124 Å². The molecule has 450 valence electrons. The molecule has 5 heterocycles. The first kappa shape index (κ1) is 67.0. The Balaban J connectivity index is 0.000000211. The largest absolute Gasteiger partial charge is 0.494 e. The highest BCUT2D eigenvalue weighted by atomic mass is 127. The number of methoxy groups -OCH3 is 2. The van der Waals surface area contributed by atoms with E-state index in [1.54, 1.807) is 38.5 Å². The van der Waals surface area contributed by atoms with E-state index in [2.05, 4.69) is 34.6 Å². The number of hydrogen-bond donors (Lipinski definition) is 1. The van der Waals surface area contributed by atoms with Gasteiger partial charge in [-0.05, 0) is 163 Å². The van der Waals surface area contributed by atoms with Gasteiger partial charge in [0.2, 0.25) is 0 Å². The van der Waals surface area contributed by atoms with Crippen LogP contribution in [0.3, 0.4) is 0 Å². The molecule has 3 aliphatic heterocycles. The number of nitrogens with two attached hydrogens (primary N) is 1. The quantitative estimate of drug-likeness (QED) is 0.0396. The lowest BCUT2D eigenvalue weighted by Gasteiger charge is -2.38. The molecule has 0 bridgehead atoms. The van der Waals surface area contributed by atoms with Crippen molar-refractivity contribution in [2.45, 2.75) is 138 Å². The fraction of sp³-hybridized carbons (Fsp3) is 0.508. The average molecular weight is 1360 g/mol. The number of amidine groups is 2. The van der Waals surface area contributed by atoms with E-state index in [0.717, 1.165) is 24.3 Å². The summed E-state index contributed by atoms with van der Waals surface area (Å²) < 4.78 is 94.3. The van der Waals surface area contributed by atoms with Crippen LogP contribution in [0.1, 0.15) is 103 Å². The Labute approximate surface area is 519 Å². The standard InChI is InChI=1S/C31H50BFN2O6SSi.C21H20ClF2N3OS.C7H4ClFIN/c1-27(2,3)39-26(36)35(20-38-15-16-43(10,11)12)25-34-30(8,24-18-31(24,42-25)19-37-9)22-17-21(13-14-23(22)33)32-40-28(4,5)29(6,7)41-32;1-20(18-9-21(18,11-28-2)29-19(25)27-20)14-7-12(3-5-15(14)23)8-16(24)17-6-4-13(22)10-26-17;8-5-1-2-7(11-4-5)6(9)3-10/h13-14,17,24H,15-16,18-20H2,1-12H3;3-8,10,18H,9,11H2,1-2H3,(H2,25,27);1-4H/b;16-8-;6-3-/t24-,30+,31+;18-,20+,21+;/m00./s1. The molecule has 24 heteroatoms. The van der Waals surface area contributed by atoms with Gasteiger partial charge in [0.1, 0.15) is 29.8 Å². The van der Waals surface area contributed by atoms with Crippen molar-refractivity contribution in [1.29, 1.82) is 0 Å². The molecule has 2 aliphatic carbocycles. The molecule has 2 aromatic heterocycles. The predicted octanol–water partition coefficient (Wildman–Crippen LogP) is 14.9. The number of benzene rings is 2. The SMILES string of the molecule is COC[C@]12C[C@H]1[C@@](C)(c1cc(/C=C(\F)c3ccc(Cl)cn3)ccc1F)N=C(N)S2.COC[C@]12C[C@H]1[C@@](C)(c1cc(B3OC(C)(C)C(C)(C)O3)ccc1F)N=C(N(COCC[Si](C)(C)C)C(=O)OC(C)(C)C)S2.F/C(=C\I)c1ccc(Cl)cn1. The van der Waals surface area contributed by atoms with E-state index in [1.807, 2.05) is 91.0 Å². The third kappa shape index (κ3) is 15.8. The number of rotatable bonds is 15. The number of ether oxygens (including phenoxy) is 4. The molecule has 9 rings (SSSR count). The van der Waals surface area contributed by atoms with Crippen LogP contribution in [0.25, 0.3) is 17.7 Å². The zero-order valence-corrected chi connectivity index (χ0v) is 55.7. The first-order chi connectivity index (χ1) is 38.6. The highest BCUT2D eigenvalue weighted by Crippen LogP contribution is 2.67. The van der Waals surface area contributed by atoms with Crippen molar-refractivity contribution in [3.63, 3.8) is 0 Å². The molecule has 0 unspecified atom stereocenters. The van der Waals surface area contributed by atoms with E-state index in [1.165, 1.54) is 81.3 Å². The Morgan fingerprint density at radius 1 is 0.807 bits per heavy atom. The van der Waals surface area contributed by atoms with E-state index in [0.29, 0.717) is 62.6 Å². The van der Waals surface area contributed by atoms with Gasteiger partial charge in [-0.15, -0.1) is 0 Å². The predicted molar refractivity (Wildman–Crippen MR) is 341 cm³/mol. The fourth-order valence-electron chi connectivity index (χ4n) is 10.1. The summed E-state index contributed by atoms with van der Waals surface area (Å²) in [6, 6.07) is 16.6. The second kappa shape index (κ2) is 26.0. The maximum absolute atomic E-state index is 15.8. The highest BCUT2D eigenvalue weighted by molar-refractivity contribution is 14.1. The molecule has 2 aromatic carbocycles. The number of fused-ring (bicyclic) bond motifs is 2. The third-order valence-corrected chi connectivity index (χ3v) is 20.9. The van der Waals surface area contributed by atoms with Crippen LogP contribution in [0.15, 0.2) is 87.1 Å². The summed E-state index contributed by atoms with van der Waals surface area (Å²) in [4.78, 5) is 32.6. The van der Waals surface area contributed by atoms with Crippen molar-refractivity contribution in [2.75, 3.05) is 40.8 Å². The molecule has 5 aliphatic rings. The van der Waals surface area contributed by atoms with E-state index in [4.69, 9.17) is 62.2 Å². The van der Waals surface area contributed by atoms with Gasteiger partial charge in [-0.2, -0.15) is 0 Å². The topological polar surface area (TPSA) is 152 Å². The van der Waals surface area contributed by atoms with Gasteiger partial charge in [-0.1, -0.05) is 84.6 Å². The van der Waals surface area contributed by atoms with Crippen LogP contribution in [0.5, 0.6) is 0 Å². The minimum Gasteiger partial charge on any atom is -0.443 e. The van der Waals surface area contributed by atoms with E-state index in [9.17, 15) is 18.0 Å². The van der Waals surface area contributed by atoms with Gasteiger partial charge in [0, 0.05) is 68.3 Å². The number of hydrogen-bond acceptors (Lipinski definition) is 14. The molecule has 83 heavy (non-hydrogen) atoms. The number of halogens is 7. The van der Waals surface area contributed by atoms with Crippen molar-refractivity contribution < 1.29 is 50.6 Å². The summed E-state index contributed by atoms with van der Waals surface area (Å²) in [7, 11) is 1.32. The molecule has 13 nitrogen and oxygen atoms in total. The summed E-state index contributed by atoms with van der Waals surface area (Å²) in [5.41, 5.74) is 5.02. The molecule has 1 saturated heterocycles. The summed E-state index contributed by atoms with van der Waals surface area (Å²) in [6.07, 6.45) is 5.15. The van der Waals surface area contributed by atoms with Gasteiger partial charge >= 0.3 is 13.2 Å². The van der Waals surface area contributed by atoms with Crippen LogP contribution in [0.2, 0.25) is 35.7 Å². The Morgan fingerprint density at radius 3 is 1.83 bits per heavy atom. The second-order valence-corrected chi connectivity index (χ2v) is 34.8. The number of thioether (sulfide) groups is 2. The number of carbonyl (C=O) groups excluding carboxylic acids is 1. The van der Waals surface area contributed by atoms with Gasteiger partial charge < -0.3 is 34.0 Å². The Bertz CT molecular complexity index is 3130. The van der Waals surface area contributed by atoms with Crippen LogP contribution in [0.4, 0.5) is 22.4 Å². The number of nitrogens with zero attached hydrogens (tertiary/aromatic N) is 5. The van der Waals surface area contributed by atoms with E-state index in [-0.39, 0.29) is 45.4 Å². The zero-order valence-electron chi connectivity index (χ0n) is 49.4.